The molecule has 0 aliphatic carbocycles. The molecule has 1 atom stereocenters. The molecule has 2 aromatic rings. The van der Waals surface area contributed by atoms with Crippen LogP contribution in [-0.2, 0) is 22.5 Å². The van der Waals surface area contributed by atoms with E-state index in [9.17, 15) is 23.9 Å². The van der Waals surface area contributed by atoms with Crippen LogP contribution in [0, 0.1) is 5.82 Å². The van der Waals surface area contributed by atoms with Crippen molar-refractivity contribution in [3.63, 3.8) is 0 Å². The third-order valence-corrected chi connectivity index (χ3v) is 5.61. The van der Waals surface area contributed by atoms with Gasteiger partial charge >= 0.3 is 12.1 Å². The summed E-state index contributed by atoms with van der Waals surface area (Å²) in [5, 5.41) is 15.2. The molecule has 4 amide bonds. The monoisotopic (exact) mass is 500 g/mol. The average Bonchev–Trinajstić information content (AvgIpc) is 2.83. The summed E-state index contributed by atoms with van der Waals surface area (Å²) in [5.74, 6) is -0.451. The van der Waals surface area contributed by atoms with Gasteiger partial charge in [-0.1, -0.05) is 24.3 Å². The van der Waals surface area contributed by atoms with E-state index in [4.69, 9.17) is 4.74 Å². The minimum absolute atomic E-state index is 0.116. The highest BCUT2D eigenvalue weighted by Crippen LogP contribution is 2.17. The second kappa shape index (κ2) is 11.9. The fraction of sp³-hybridized carbons (Fsp3) is 0.423. The number of urea groups is 1. The minimum atomic E-state index is -0.645. The number of ether oxygens (including phenoxy) is 1. The van der Waals surface area contributed by atoms with Crippen LogP contribution in [0.4, 0.5) is 19.7 Å². The molecule has 1 aliphatic heterocycles. The second-order valence-electron chi connectivity index (χ2n) is 9.66. The number of nitrogens with one attached hydrogen (secondary N) is 2. The summed E-state index contributed by atoms with van der Waals surface area (Å²) in [7, 11) is 0. The van der Waals surface area contributed by atoms with Crippen LogP contribution in [0.1, 0.15) is 31.9 Å². The topological polar surface area (TPSA) is 111 Å². The highest BCUT2D eigenvalue weighted by molar-refractivity contribution is 5.89. The van der Waals surface area contributed by atoms with Gasteiger partial charge in [-0.25, -0.2) is 14.0 Å². The first kappa shape index (κ1) is 26.9. The number of aliphatic hydroxyl groups is 1. The van der Waals surface area contributed by atoms with Crippen LogP contribution < -0.4 is 10.6 Å². The van der Waals surface area contributed by atoms with Crippen molar-refractivity contribution < 1.29 is 28.6 Å². The Morgan fingerprint density at radius 2 is 1.67 bits per heavy atom. The van der Waals surface area contributed by atoms with E-state index in [-0.39, 0.29) is 44.4 Å². The molecule has 0 saturated carbocycles. The van der Waals surface area contributed by atoms with Crippen molar-refractivity contribution in [3.05, 3.63) is 65.5 Å². The first-order valence-corrected chi connectivity index (χ1v) is 11.8. The molecule has 0 spiro atoms. The predicted molar refractivity (Wildman–Crippen MR) is 133 cm³/mol. The summed E-state index contributed by atoms with van der Waals surface area (Å²) >= 11 is 0. The number of nitrogens with zero attached hydrogens (tertiary/aromatic N) is 2. The normalized spacial score (nSPS) is 15.9. The number of rotatable bonds is 6. The van der Waals surface area contributed by atoms with Crippen molar-refractivity contribution in [2.45, 2.75) is 45.4 Å². The maximum absolute atomic E-state index is 13.0. The Balaban J connectivity index is 1.48. The third-order valence-electron chi connectivity index (χ3n) is 5.61. The molecule has 9 nitrogen and oxygen atoms in total. The first-order valence-electron chi connectivity index (χ1n) is 11.8. The lowest BCUT2D eigenvalue weighted by Crippen LogP contribution is -2.58. The van der Waals surface area contributed by atoms with Gasteiger partial charge < -0.3 is 25.4 Å². The Bertz CT molecular complexity index is 1050. The molecule has 0 radical (unpaired) electrons. The number of benzene rings is 2. The maximum Gasteiger partial charge on any atom is 0.410 e. The average molecular weight is 501 g/mol. The van der Waals surface area contributed by atoms with E-state index < -0.39 is 23.8 Å². The molecular weight excluding hydrogens is 467 g/mol. The van der Waals surface area contributed by atoms with Crippen LogP contribution >= 0.6 is 0 Å². The number of piperazine rings is 1. The van der Waals surface area contributed by atoms with Crippen molar-refractivity contribution in [1.82, 2.24) is 15.1 Å². The molecule has 3 N–H and O–H groups in total. The number of aliphatic hydroxyl groups excluding tert-OH is 1. The van der Waals surface area contributed by atoms with E-state index in [2.05, 4.69) is 10.6 Å². The number of halogens is 1. The SMILES string of the molecule is CC(C)(C)OC(=O)N1CCN(C(=O)Cc2ccc(NC(=O)NCc3ccc(F)cc3)cc2)C[C@H]1CO. The fourth-order valence-corrected chi connectivity index (χ4v) is 3.75. The Hall–Kier alpha value is -3.66. The fourth-order valence-electron chi connectivity index (χ4n) is 3.75. The lowest BCUT2D eigenvalue weighted by molar-refractivity contribution is -0.134. The van der Waals surface area contributed by atoms with E-state index >= 15 is 0 Å². The van der Waals surface area contributed by atoms with E-state index in [0.29, 0.717) is 12.2 Å². The number of anilines is 1. The number of hydrogen-bond donors (Lipinski definition) is 3. The van der Waals surface area contributed by atoms with Crippen molar-refractivity contribution in [1.29, 1.82) is 0 Å². The lowest BCUT2D eigenvalue weighted by atomic mass is 10.1. The van der Waals surface area contributed by atoms with Crippen LogP contribution in [0.3, 0.4) is 0 Å². The molecule has 0 bridgehead atoms. The van der Waals surface area contributed by atoms with Crippen molar-refractivity contribution in [2.24, 2.45) is 0 Å². The molecule has 10 heteroatoms. The molecule has 1 aliphatic rings. The van der Waals surface area contributed by atoms with Gasteiger partial charge in [-0.2, -0.15) is 0 Å². The smallest absolute Gasteiger partial charge is 0.410 e. The quantitative estimate of drug-likeness (QED) is 0.564. The van der Waals surface area contributed by atoms with Crippen molar-refractivity contribution in [2.75, 3.05) is 31.6 Å². The molecule has 0 aromatic heterocycles. The van der Waals surface area contributed by atoms with Crippen LogP contribution in [0.25, 0.3) is 0 Å². The van der Waals surface area contributed by atoms with Gasteiger partial charge in [0, 0.05) is 31.9 Å². The Morgan fingerprint density at radius 1 is 1.03 bits per heavy atom. The van der Waals surface area contributed by atoms with Gasteiger partial charge in [-0.3, -0.25) is 9.69 Å². The number of carbonyl (C=O) groups is 3. The van der Waals surface area contributed by atoms with E-state index in [1.165, 1.54) is 17.0 Å². The second-order valence-corrected chi connectivity index (χ2v) is 9.66. The molecular formula is C26H33FN4O5. The van der Waals surface area contributed by atoms with E-state index in [0.717, 1.165) is 11.1 Å². The van der Waals surface area contributed by atoms with Crippen LogP contribution in [-0.4, -0.2) is 70.8 Å². The van der Waals surface area contributed by atoms with Gasteiger partial charge in [0.25, 0.3) is 0 Å². The highest BCUT2D eigenvalue weighted by Gasteiger charge is 2.34. The van der Waals surface area contributed by atoms with E-state index in [1.54, 1.807) is 62.1 Å². The minimum Gasteiger partial charge on any atom is -0.444 e. The highest BCUT2D eigenvalue weighted by atomic mass is 19.1. The Morgan fingerprint density at radius 3 is 2.28 bits per heavy atom. The summed E-state index contributed by atoms with van der Waals surface area (Å²) in [5.41, 5.74) is 1.46. The standard InChI is InChI=1S/C26H33FN4O5/c1-26(2,3)36-25(35)31-13-12-30(16-22(31)17-32)23(33)14-18-6-10-21(11-7-18)29-24(34)28-15-19-4-8-20(27)9-5-19/h4-11,22,32H,12-17H2,1-3H3,(H2,28,29,34)/t22-/m0/s1. The molecule has 36 heavy (non-hydrogen) atoms. The Kier molecular flexibility index (Phi) is 8.87. The van der Waals surface area contributed by atoms with Crippen LogP contribution in [0.15, 0.2) is 48.5 Å². The van der Waals surface area contributed by atoms with Gasteiger partial charge in [-0.05, 0) is 56.2 Å². The van der Waals surface area contributed by atoms with Crippen LogP contribution in [0.2, 0.25) is 0 Å². The molecule has 0 unspecified atom stereocenters. The molecule has 194 valence electrons. The van der Waals surface area contributed by atoms with Gasteiger partial charge in [0.2, 0.25) is 5.91 Å². The zero-order valence-electron chi connectivity index (χ0n) is 20.8. The van der Waals surface area contributed by atoms with Gasteiger partial charge in [0.05, 0.1) is 19.1 Å². The zero-order chi connectivity index (χ0) is 26.3. The van der Waals surface area contributed by atoms with Gasteiger partial charge in [0.1, 0.15) is 11.4 Å². The lowest BCUT2D eigenvalue weighted by Gasteiger charge is -2.41. The van der Waals surface area contributed by atoms with E-state index in [1.807, 2.05) is 0 Å². The summed E-state index contributed by atoms with van der Waals surface area (Å²) in [6.45, 7) is 6.17. The molecule has 1 heterocycles. The molecule has 1 fully saturated rings. The Labute approximate surface area is 210 Å². The first-order chi connectivity index (χ1) is 17.0. The predicted octanol–water partition coefficient (Wildman–Crippen LogP) is 3.13. The molecule has 1 saturated heterocycles. The van der Waals surface area contributed by atoms with Crippen molar-refractivity contribution in [3.8, 4) is 0 Å². The number of hydrogen-bond acceptors (Lipinski definition) is 5. The molecule has 3 rings (SSSR count). The summed E-state index contributed by atoms with van der Waals surface area (Å²) in [6.07, 6.45) is -0.347. The van der Waals surface area contributed by atoms with Gasteiger partial charge in [-0.15, -0.1) is 0 Å². The summed E-state index contributed by atoms with van der Waals surface area (Å²) in [4.78, 5) is 40.5. The third kappa shape index (κ3) is 7.94. The summed E-state index contributed by atoms with van der Waals surface area (Å²) < 4.78 is 18.4. The maximum atomic E-state index is 13.0. The van der Waals surface area contributed by atoms with Crippen LogP contribution in [0.5, 0.6) is 0 Å². The zero-order valence-corrected chi connectivity index (χ0v) is 20.8. The molecule has 2 aromatic carbocycles. The number of amides is 4. The largest absolute Gasteiger partial charge is 0.444 e. The number of carbonyl (C=O) groups excluding carboxylic acids is 3. The van der Waals surface area contributed by atoms with Crippen molar-refractivity contribution >= 4 is 23.7 Å². The summed E-state index contributed by atoms with van der Waals surface area (Å²) in [6, 6.07) is 11.9. The van der Waals surface area contributed by atoms with Gasteiger partial charge in [0.15, 0.2) is 0 Å².